The second-order valence-electron chi connectivity index (χ2n) is 7.37. The van der Waals surface area contributed by atoms with Gasteiger partial charge in [-0.2, -0.15) is 4.99 Å². The standard InChI is InChI=1S/C23H20ClN3O3S2/c1-14-4-5-15(2)21-20(14)27(3)23(31-21)25-22(28)16-6-10-18(11-7-16)26-32(29,30)19-12-8-17(24)9-13-19/h4-13,26H,1-3H3. The van der Waals surface area contributed by atoms with E-state index in [0.717, 1.165) is 21.3 Å². The molecule has 0 atom stereocenters. The number of hydrogen-bond donors (Lipinski definition) is 1. The Morgan fingerprint density at radius 3 is 2.22 bits per heavy atom. The first kappa shape index (κ1) is 22.3. The van der Waals surface area contributed by atoms with Crippen LogP contribution in [0.15, 0.2) is 70.6 Å². The van der Waals surface area contributed by atoms with Crippen molar-refractivity contribution in [2.24, 2.45) is 12.0 Å². The molecule has 0 bridgehead atoms. The number of rotatable bonds is 4. The molecule has 0 saturated heterocycles. The number of nitrogens with zero attached hydrogens (tertiary/aromatic N) is 2. The van der Waals surface area contributed by atoms with Crippen LogP contribution in [0.25, 0.3) is 10.2 Å². The van der Waals surface area contributed by atoms with Crippen molar-refractivity contribution in [1.82, 2.24) is 4.57 Å². The highest BCUT2D eigenvalue weighted by molar-refractivity contribution is 7.92. The predicted molar refractivity (Wildman–Crippen MR) is 129 cm³/mol. The molecule has 4 rings (SSSR count). The van der Waals surface area contributed by atoms with E-state index in [1.807, 2.05) is 25.5 Å². The van der Waals surface area contributed by atoms with Gasteiger partial charge in [0, 0.05) is 23.3 Å². The molecule has 3 aromatic carbocycles. The van der Waals surface area contributed by atoms with Gasteiger partial charge in [-0.05, 0) is 73.5 Å². The SMILES string of the molecule is Cc1ccc(C)c2c1sc(=NC(=O)c1ccc(NS(=O)(=O)c3ccc(Cl)cc3)cc1)n2C. The first-order valence-corrected chi connectivity index (χ1v) is 12.4. The third-order valence-electron chi connectivity index (χ3n) is 5.05. The van der Waals surface area contributed by atoms with Crippen LogP contribution in [0.1, 0.15) is 21.5 Å². The van der Waals surface area contributed by atoms with E-state index in [1.165, 1.54) is 47.7 Å². The summed E-state index contributed by atoms with van der Waals surface area (Å²) in [7, 11) is -1.86. The summed E-state index contributed by atoms with van der Waals surface area (Å²) in [5.74, 6) is -0.394. The van der Waals surface area contributed by atoms with Crippen molar-refractivity contribution in [3.63, 3.8) is 0 Å². The van der Waals surface area contributed by atoms with Gasteiger partial charge in [-0.15, -0.1) is 0 Å². The third kappa shape index (κ3) is 4.34. The molecule has 164 valence electrons. The number of thiazole rings is 1. The largest absolute Gasteiger partial charge is 0.319 e. The number of anilines is 1. The molecular formula is C23H20ClN3O3S2. The van der Waals surface area contributed by atoms with Crippen LogP contribution in [0.5, 0.6) is 0 Å². The number of amides is 1. The Bertz CT molecular complexity index is 1500. The summed E-state index contributed by atoms with van der Waals surface area (Å²) in [4.78, 5) is 17.7. The fourth-order valence-corrected chi connectivity index (χ4v) is 5.68. The molecule has 0 radical (unpaired) electrons. The Balaban J connectivity index is 1.60. The lowest BCUT2D eigenvalue weighted by atomic mass is 10.1. The number of hydrogen-bond acceptors (Lipinski definition) is 4. The van der Waals surface area contributed by atoms with Crippen molar-refractivity contribution in [2.75, 3.05) is 4.72 Å². The minimum absolute atomic E-state index is 0.0971. The Hall–Kier alpha value is -2.94. The van der Waals surface area contributed by atoms with E-state index in [9.17, 15) is 13.2 Å². The van der Waals surface area contributed by atoms with Crippen molar-refractivity contribution < 1.29 is 13.2 Å². The van der Waals surface area contributed by atoms with E-state index in [4.69, 9.17) is 11.6 Å². The molecule has 1 aromatic heterocycles. The zero-order valence-corrected chi connectivity index (χ0v) is 20.0. The van der Waals surface area contributed by atoms with Crippen LogP contribution in [0.4, 0.5) is 5.69 Å². The maximum absolute atomic E-state index is 12.7. The Kier molecular flexibility index (Phi) is 5.94. The van der Waals surface area contributed by atoms with E-state index >= 15 is 0 Å². The second kappa shape index (κ2) is 8.54. The average molecular weight is 486 g/mol. The van der Waals surface area contributed by atoms with Crippen LogP contribution in [0, 0.1) is 13.8 Å². The summed E-state index contributed by atoms with van der Waals surface area (Å²) >= 11 is 7.29. The highest BCUT2D eigenvalue weighted by atomic mass is 35.5. The lowest BCUT2D eigenvalue weighted by Crippen LogP contribution is -2.14. The summed E-state index contributed by atoms with van der Waals surface area (Å²) in [6.07, 6.45) is 0. The number of benzene rings is 3. The van der Waals surface area contributed by atoms with Crippen LogP contribution < -0.4 is 9.52 Å². The Morgan fingerprint density at radius 2 is 1.59 bits per heavy atom. The van der Waals surface area contributed by atoms with Crippen LogP contribution in [-0.2, 0) is 17.1 Å². The normalized spacial score (nSPS) is 12.3. The van der Waals surface area contributed by atoms with Crippen molar-refractivity contribution in [2.45, 2.75) is 18.7 Å². The Labute approximate surface area is 194 Å². The van der Waals surface area contributed by atoms with Gasteiger partial charge in [-0.3, -0.25) is 9.52 Å². The van der Waals surface area contributed by atoms with Gasteiger partial charge in [0.1, 0.15) is 0 Å². The van der Waals surface area contributed by atoms with E-state index in [-0.39, 0.29) is 4.90 Å². The molecule has 0 fully saturated rings. The summed E-state index contributed by atoms with van der Waals surface area (Å²) in [5.41, 5.74) is 4.03. The molecule has 1 N–H and O–H groups in total. The van der Waals surface area contributed by atoms with E-state index in [0.29, 0.717) is 21.1 Å². The van der Waals surface area contributed by atoms with Gasteiger partial charge >= 0.3 is 0 Å². The fraction of sp³-hybridized carbons (Fsp3) is 0.130. The lowest BCUT2D eigenvalue weighted by Gasteiger charge is -2.08. The number of aromatic nitrogens is 1. The van der Waals surface area contributed by atoms with Crippen molar-refractivity contribution in [3.8, 4) is 0 Å². The second-order valence-corrected chi connectivity index (χ2v) is 10.5. The van der Waals surface area contributed by atoms with Crippen LogP contribution in [-0.4, -0.2) is 18.9 Å². The van der Waals surface area contributed by atoms with Crippen molar-refractivity contribution >= 4 is 54.8 Å². The van der Waals surface area contributed by atoms with Crippen LogP contribution >= 0.6 is 22.9 Å². The maximum atomic E-state index is 12.7. The number of halogens is 1. The Morgan fingerprint density at radius 1 is 0.969 bits per heavy atom. The topological polar surface area (TPSA) is 80.5 Å². The molecule has 0 aliphatic carbocycles. The van der Waals surface area contributed by atoms with Crippen LogP contribution in [0.3, 0.4) is 0 Å². The molecule has 0 spiro atoms. The molecule has 0 saturated carbocycles. The minimum Gasteiger partial charge on any atom is -0.319 e. The minimum atomic E-state index is -3.76. The highest BCUT2D eigenvalue weighted by Gasteiger charge is 2.15. The fourth-order valence-electron chi connectivity index (χ4n) is 3.33. The predicted octanol–water partition coefficient (Wildman–Crippen LogP) is 5.05. The van der Waals surface area contributed by atoms with Gasteiger partial charge in [0.15, 0.2) is 4.80 Å². The lowest BCUT2D eigenvalue weighted by molar-refractivity contribution is 0.0998. The quantitative estimate of drug-likeness (QED) is 0.439. The molecule has 1 heterocycles. The number of carbonyl (C=O) groups is 1. The van der Waals surface area contributed by atoms with Gasteiger partial charge in [-0.1, -0.05) is 35.1 Å². The van der Waals surface area contributed by atoms with E-state index in [1.54, 1.807) is 12.1 Å². The number of aryl methyl sites for hydroxylation is 3. The molecule has 0 unspecified atom stereocenters. The molecule has 0 aliphatic heterocycles. The first-order chi connectivity index (χ1) is 15.2. The van der Waals surface area contributed by atoms with E-state index in [2.05, 4.69) is 21.8 Å². The first-order valence-electron chi connectivity index (χ1n) is 9.69. The number of nitrogens with one attached hydrogen (secondary N) is 1. The van der Waals surface area contributed by atoms with Gasteiger partial charge in [-0.25, -0.2) is 8.42 Å². The molecule has 4 aromatic rings. The number of sulfonamides is 1. The van der Waals surface area contributed by atoms with Gasteiger partial charge in [0.2, 0.25) is 0 Å². The van der Waals surface area contributed by atoms with E-state index < -0.39 is 15.9 Å². The maximum Gasteiger partial charge on any atom is 0.279 e. The number of fused-ring (bicyclic) bond motifs is 1. The summed E-state index contributed by atoms with van der Waals surface area (Å²) in [6, 6.07) is 16.2. The van der Waals surface area contributed by atoms with Crippen molar-refractivity contribution in [3.05, 3.63) is 87.2 Å². The number of carbonyl (C=O) groups excluding carboxylic acids is 1. The van der Waals surface area contributed by atoms with Gasteiger partial charge in [0.05, 0.1) is 15.1 Å². The zero-order chi connectivity index (χ0) is 23.0. The monoisotopic (exact) mass is 485 g/mol. The van der Waals surface area contributed by atoms with Crippen LogP contribution in [0.2, 0.25) is 5.02 Å². The molecule has 6 nitrogen and oxygen atoms in total. The van der Waals surface area contributed by atoms with Crippen molar-refractivity contribution in [1.29, 1.82) is 0 Å². The highest BCUT2D eigenvalue weighted by Crippen LogP contribution is 2.24. The zero-order valence-electron chi connectivity index (χ0n) is 17.6. The summed E-state index contributed by atoms with van der Waals surface area (Å²) < 4.78 is 30.5. The summed E-state index contributed by atoms with van der Waals surface area (Å²) in [6.45, 7) is 4.07. The molecule has 32 heavy (non-hydrogen) atoms. The average Bonchev–Trinajstić information content (AvgIpc) is 3.08. The molecule has 9 heteroatoms. The van der Waals surface area contributed by atoms with Gasteiger partial charge < -0.3 is 4.57 Å². The van der Waals surface area contributed by atoms with Gasteiger partial charge in [0.25, 0.3) is 15.9 Å². The molecule has 0 aliphatic rings. The smallest absolute Gasteiger partial charge is 0.279 e. The third-order valence-corrected chi connectivity index (χ3v) is 7.97. The summed E-state index contributed by atoms with van der Waals surface area (Å²) in [5, 5.41) is 0.452. The molecular weight excluding hydrogens is 466 g/mol. The molecule has 1 amide bonds.